The average Bonchev–Trinajstić information content (AvgIpc) is 3.81. The quantitative estimate of drug-likeness (QED) is 0.144. The molecule has 8 N–H and O–H groups in total. The van der Waals surface area contributed by atoms with Gasteiger partial charge in [-0.2, -0.15) is 0 Å². The number of carbonyl (C=O) groups excluding carboxylic acids is 2. The number of hydrogen-bond acceptors (Lipinski definition) is 8. The van der Waals surface area contributed by atoms with E-state index >= 15 is 0 Å². The zero-order valence-electron chi connectivity index (χ0n) is 23.0. The molecule has 0 spiro atoms. The van der Waals surface area contributed by atoms with Gasteiger partial charge in [-0.05, 0) is 97.5 Å². The van der Waals surface area contributed by atoms with Crippen molar-refractivity contribution >= 4 is 35.5 Å². The van der Waals surface area contributed by atoms with Crippen LogP contribution in [0, 0.1) is 23.7 Å². The summed E-state index contributed by atoms with van der Waals surface area (Å²) in [5.74, 6) is 0.0683. The number of rotatable bonds is 11. The van der Waals surface area contributed by atoms with Gasteiger partial charge in [0.25, 0.3) is 5.91 Å². The number of aryl methyl sites for hydroxylation is 1. The Morgan fingerprint density at radius 3 is 2.50 bits per heavy atom. The number of pyridine rings is 1. The van der Waals surface area contributed by atoms with Crippen LogP contribution in [0.3, 0.4) is 0 Å². The summed E-state index contributed by atoms with van der Waals surface area (Å²) >= 11 is 0. The van der Waals surface area contributed by atoms with Crippen molar-refractivity contribution in [1.82, 2.24) is 10.3 Å². The maximum atomic E-state index is 12.2. The van der Waals surface area contributed by atoms with Crippen LogP contribution in [0.15, 0.2) is 71.5 Å². The van der Waals surface area contributed by atoms with Crippen molar-refractivity contribution < 1.29 is 14.7 Å². The fraction of sp³-hybridized carbons (Fsp3) is 0.267. The van der Waals surface area contributed by atoms with E-state index in [0.717, 1.165) is 40.7 Å². The minimum absolute atomic E-state index is 0.138. The van der Waals surface area contributed by atoms with Crippen LogP contribution in [0.2, 0.25) is 0 Å². The molecule has 1 heterocycles. The van der Waals surface area contributed by atoms with Crippen LogP contribution < -0.4 is 16.8 Å². The summed E-state index contributed by atoms with van der Waals surface area (Å²) in [7, 11) is 1.54. The normalized spacial score (nSPS) is 14.7. The zero-order chi connectivity index (χ0) is 29.7. The molecule has 0 bridgehead atoms. The predicted molar refractivity (Wildman–Crippen MR) is 160 cm³/mol. The van der Waals surface area contributed by atoms with E-state index in [0.29, 0.717) is 22.9 Å². The van der Waals surface area contributed by atoms with E-state index in [9.17, 15) is 9.90 Å². The maximum Gasteiger partial charge on any atom is 0.269 e. The van der Waals surface area contributed by atoms with Gasteiger partial charge in [-0.3, -0.25) is 19.6 Å². The van der Waals surface area contributed by atoms with Gasteiger partial charge in [-0.15, -0.1) is 0 Å². The molecular weight excluding hydrogens is 506 g/mol. The van der Waals surface area contributed by atoms with E-state index in [2.05, 4.69) is 21.0 Å². The summed E-state index contributed by atoms with van der Waals surface area (Å²) in [5, 5.41) is 28.6. The van der Waals surface area contributed by atoms with Gasteiger partial charge < -0.3 is 32.7 Å². The number of nitrogens with one attached hydrogen (secondary N) is 3. The number of nitrogens with two attached hydrogens (primary N) is 2. The van der Waals surface area contributed by atoms with Crippen molar-refractivity contribution in [3.8, 4) is 0 Å². The maximum absolute atomic E-state index is 12.2. The van der Waals surface area contributed by atoms with Gasteiger partial charge in [0.15, 0.2) is 0 Å². The molecule has 0 unspecified atom stereocenters. The minimum Gasteiger partial charge on any atom is -0.405 e. The SMILES string of the molecule is CNC(=O)c1cc(C(/C=C(\C=C\N)c2cc(C(=N)/C=C(\C=N)C3CC3)ccc2C)=N[C@H](C)CO)ccn1.NC=O. The molecule has 2 aromatic rings. The number of carbonyl (C=O) groups is 2. The highest BCUT2D eigenvalue weighted by atomic mass is 16.3. The standard InChI is InChI=1S/C29H34N6O2.CH3NO/c1-18-4-5-22(26(32)13-24(16-31)20-6-7-20)12-25(18)21(8-10-30)14-27(35-19(2)17-36)23-9-11-34-28(15-23)29(37)33-3;2-1-3/h4-5,8-16,19-20,31-32,36H,6-7,17,30H2,1-3H3,(H,33,37);1H,(H2,2,3)/b10-8+,21-14+,24-13+,31-16?,32-26?,35-27?;/t19-;/m1./s1. The highest BCUT2D eigenvalue weighted by molar-refractivity contribution is 6.14. The molecule has 210 valence electrons. The highest BCUT2D eigenvalue weighted by Gasteiger charge is 2.25. The van der Waals surface area contributed by atoms with Crippen LogP contribution in [0.4, 0.5) is 0 Å². The largest absolute Gasteiger partial charge is 0.405 e. The number of allylic oxidation sites excluding steroid dienone is 5. The smallest absolute Gasteiger partial charge is 0.269 e. The van der Waals surface area contributed by atoms with E-state index in [1.165, 1.54) is 12.4 Å². The molecule has 1 atom stereocenters. The van der Waals surface area contributed by atoms with Crippen LogP contribution in [-0.4, -0.2) is 59.7 Å². The Balaban J connectivity index is 0.00000178. The number of aliphatic imine (C=N–C) groups is 1. The fourth-order valence-corrected chi connectivity index (χ4v) is 3.83. The van der Waals surface area contributed by atoms with Crippen LogP contribution in [0.25, 0.3) is 5.57 Å². The molecule has 0 saturated heterocycles. The summed E-state index contributed by atoms with van der Waals surface area (Å²) in [4.78, 5) is 29.6. The third-order valence-corrected chi connectivity index (χ3v) is 6.09. The number of aliphatic hydroxyl groups excluding tert-OH is 1. The molecule has 10 nitrogen and oxygen atoms in total. The summed E-state index contributed by atoms with van der Waals surface area (Å²) in [5.41, 5.74) is 16.0. The van der Waals surface area contributed by atoms with E-state index in [4.69, 9.17) is 21.3 Å². The molecule has 1 aromatic carbocycles. The third kappa shape index (κ3) is 8.95. The van der Waals surface area contributed by atoms with Crippen LogP contribution >= 0.6 is 0 Å². The number of aliphatic hydroxyl groups is 1. The number of amides is 2. The number of benzene rings is 1. The first-order chi connectivity index (χ1) is 19.2. The molecule has 1 aromatic heterocycles. The lowest BCUT2D eigenvalue weighted by Gasteiger charge is -2.13. The number of nitrogens with zero attached hydrogens (tertiary/aromatic N) is 2. The average molecular weight is 544 g/mol. The predicted octanol–water partition coefficient (Wildman–Crippen LogP) is 2.93. The van der Waals surface area contributed by atoms with Gasteiger partial charge in [0.1, 0.15) is 5.69 Å². The molecule has 1 saturated carbocycles. The van der Waals surface area contributed by atoms with Gasteiger partial charge in [0, 0.05) is 30.6 Å². The fourth-order valence-electron chi connectivity index (χ4n) is 3.83. The number of primary amides is 1. The van der Waals surface area contributed by atoms with Gasteiger partial charge in [0.05, 0.1) is 24.1 Å². The van der Waals surface area contributed by atoms with Crippen molar-refractivity contribution in [2.24, 2.45) is 22.4 Å². The molecular formula is C30H37N7O3. The van der Waals surface area contributed by atoms with Crippen molar-refractivity contribution in [2.75, 3.05) is 13.7 Å². The summed E-state index contributed by atoms with van der Waals surface area (Å²) in [6.45, 7) is 3.64. The molecule has 40 heavy (non-hydrogen) atoms. The Hall–Kier alpha value is -4.70. The van der Waals surface area contributed by atoms with E-state index in [1.807, 2.05) is 31.2 Å². The minimum atomic E-state index is -0.376. The van der Waals surface area contributed by atoms with Crippen LogP contribution in [0.5, 0.6) is 0 Å². The van der Waals surface area contributed by atoms with Crippen molar-refractivity contribution in [3.63, 3.8) is 0 Å². The van der Waals surface area contributed by atoms with Gasteiger partial charge >= 0.3 is 0 Å². The Labute approximate surface area is 234 Å². The Morgan fingerprint density at radius 1 is 1.23 bits per heavy atom. The molecule has 0 radical (unpaired) electrons. The summed E-state index contributed by atoms with van der Waals surface area (Å²) in [6.07, 6.45) is 12.1. The first-order valence-electron chi connectivity index (χ1n) is 12.8. The molecule has 1 fully saturated rings. The monoisotopic (exact) mass is 543 g/mol. The molecule has 1 aliphatic carbocycles. The second-order valence-electron chi connectivity index (χ2n) is 9.16. The van der Waals surface area contributed by atoms with Crippen LogP contribution in [-0.2, 0) is 4.79 Å². The molecule has 1 aliphatic rings. The molecule has 0 aliphatic heterocycles. The molecule has 3 rings (SSSR count). The van der Waals surface area contributed by atoms with Crippen molar-refractivity contribution in [2.45, 2.75) is 32.7 Å². The van der Waals surface area contributed by atoms with E-state index in [1.54, 1.807) is 44.5 Å². The second-order valence-corrected chi connectivity index (χ2v) is 9.16. The lowest BCUT2D eigenvalue weighted by molar-refractivity contribution is -0.106. The van der Waals surface area contributed by atoms with E-state index in [-0.39, 0.29) is 30.7 Å². The summed E-state index contributed by atoms with van der Waals surface area (Å²) in [6, 6.07) is 8.83. The second kappa shape index (κ2) is 15.6. The van der Waals surface area contributed by atoms with Gasteiger partial charge in [0.2, 0.25) is 6.41 Å². The van der Waals surface area contributed by atoms with Gasteiger partial charge in [-0.25, -0.2) is 0 Å². The van der Waals surface area contributed by atoms with Crippen molar-refractivity contribution in [1.29, 1.82) is 10.8 Å². The summed E-state index contributed by atoms with van der Waals surface area (Å²) < 4.78 is 0. The Morgan fingerprint density at radius 2 is 1.93 bits per heavy atom. The zero-order valence-corrected chi connectivity index (χ0v) is 23.0. The third-order valence-electron chi connectivity index (χ3n) is 6.09. The van der Waals surface area contributed by atoms with Crippen molar-refractivity contribution in [3.05, 3.63) is 94.5 Å². The number of hydrogen-bond donors (Lipinski definition) is 6. The lowest BCUT2D eigenvalue weighted by atomic mass is 9.93. The first-order valence-corrected chi connectivity index (χ1v) is 12.8. The topological polar surface area (TPSA) is 191 Å². The molecule has 2 amide bonds. The molecule has 10 heteroatoms. The Bertz CT molecular complexity index is 1350. The first kappa shape index (κ1) is 31.5. The van der Waals surface area contributed by atoms with E-state index < -0.39 is 0 Å². The van der Waals surface area contributed by atoms with Gasteiger partial charge in [-0.1, -0.05) is 12.1 Å². The Kier molecular flexibility index (Phi) is 12.3. The number of aromatic nitrogens is 1. The highest BCUT2D eigenvalue weighted by Crippen LogP contribution is 2.35. The van der Waals surface area contributed by atoms with Crippen LogP contribution in [0.1, 0.15) is 52.5 Å². The lowest BCUT2D eigenvalue weighted by Crippen LogP contribution is -2.20.